The molecule has 1 heterocycles. The third-order valence-electron chi connectivity index (χ3n) is 4.00. The van der Waals surface area contributed by atoms with Gasteiger partial charge in [0, 0.05) is 25.6 Å². The molecule has 3 N–H and O–H groups in total. The van der Waals surface area contributed by atoms with Crippen molar-refractivity contribution in [1.29, 1.82) is 0 Å². The summed E-state index contributed by atoms with van der Waals surface area (Å²) in [5.74, 6) is -0.819. The first-order valence-corrected chi connectivity index (χ1v) is 7.54. The second-order valence-corrected chi connectivity index (χ2v) is 5.39. The Morgan fingerprint density at radius 1 is 1.35 bits per heavy atom. The normalized spacial score (nSPS) is 20.6. The van der Waals surface area contributed by atoms with E-state index < -0.39 is 5.97 Å². The number of carbonyl (C=O) groups excluding carboxylic acids is 1. The molecule has 6 heteroatoms. The lowest BCUT2D eigenvalue weighted by Gasteiger charge is -2.23. The van der Waals surface area contributed by atoms with Gasteiger partial charge in [0.15, 0.2) is 0 Å². The fraction of sp³-hybridized carbons (Fsp3) is 0.857. The van der Waals surface area contributed by atoms with E-state index in [0.29, 0.717) is 19.1 Å². The van der Waals surface area contributed by atoms with Gasteiger partial charge >= 0.3 is 12.0 Å². The van der Waals surface area contributed by atoms with Gasteiger partial charge in [0.25, 0.3) is 0 Å². The number of aliphatic carboxylic acids is 1. The van der Waals surface area contributed by atoms with Gasteiger partial charge in [0.1, 0.15) is 0 Å². The van der Waals surface area contributed by atoms with Crippen LogP contribution < -0.4 is 10.6 Å². The summed E-state index contributed by atoms with van der Waals surface area (Å²) in [4.78, 5) is 24.7. The van der Waals surface area contributed by atoms with Crippen molar-refractivity contribution in [3.63, 3.8) is 0 Å². The largest absolute Gasteiger partial charge is 0.481 e. The summed E-state index contributed by atoms with van der Waals surface area (Å²) >= 11 is 0. The van der Waals surface area contributed by atoms with Crippen LogP contribution in [0, 0.1) is 5.92 Å². The zero-order valence-corrected chi connectivity index (χ0v) is 12.5. The number of hydrogen-bond acceptors (Lipinski definition) is 3. The van der Waals surface area contributed by atoms with Gasteiger partial charge in [-0.25, -0.2) is 4.79 Å². The van der Waals surface area contributed by atoms with E-state index in [9.17, 15) is 9.59 Å². The molecule has 2 unspecified atom stereocenters. The number of carboxylic acid groups (broad SMARTS) is 1. The van der Waals surface area contributed by atoms with Crippen LogP contribution in [-0.2, 0) is 4.79 Å². The van der Waals surface area contributed by atoms with Gasteiger partial charge in [0.2, 0.25) is 0 Å². The molecule has 116 valence electrons. The summed E-state index contributed by atoms with van der Waals surface area (Å²) < 4.78 is 0. The Balaban J connectivity index is 2.21. The standard InChI is InChI=1S/C14H27N3O3/c1-3-11(8-13(18)19)9-15-14(20)16-10-12-6-5-7-17(12)4-2/h11-12H,3-10H2,1-2H3,(H,18,19)(H2,15,16,20). The molecule has 0 spiro atoms. The molecule has 1 fully saturated rings. The van der Waals surface area contributed by atoms with E-state index in [4.69, 9.17) is 5.11 Å². The molecule has 0 aromatic rings. The van der Waals surface area contributed by atoms with Crippen molar-refractivity contribution < 1.29 is 14.7 Å². The molecule has 2 amide bonds. The van der Waals surface area contributed by atoms with Crippen LogP contribution in [0.4, 0.5) is 4.79 Å². The zero-order valence-electron chi connectivity index (χ0n) is 12.5. The van der Waals surface area contributed by atoms with Gasteiger partial charge in [0.05, 0.1) is 0 Å². The fourth-order valence-electron chi connectivity index (χ4n) is 2.66. The van der Waals surface area contributed by atoms with E-state index in [1.165, 1.54) is 6.42 Å². The average Bonchev–Trinajstić information content (AvgIpc) is 2.88. The highest BCUT2D eigenvalue weighted by Crippen LogP contribution is 2.15. The Hall–Kier alpha value is -1.30. The van der Waals surface area contributed by atoms with Gasteiger partial charge in [-0.1, -0.05) is 20.3 Å². The van der Waals surface area contributed by atoms with Crippen molar-refractivity contribution in [1.82, 2.24) is 15.5 Å². The highest BCUT2D eigenvalue weighted by Gasteiger charge is 2.23. The third kappa shape index (κ3) is 5.77. The van der Waals surface area contributed by atoms with Crippen LogP contribution in [0.5, 0.6) is 0 Å². The molecule has 1 aliphatic heterocycles. The molecule has 0 aromatic carbocycles. The molecule has 0 bridgehead atoms. The quantitative estimate of drug-likeness (QED) is 0.627. The van der Waals surface area contributed by atoms with E-state index in [1.807, 2.05) is 6.92 Å². The highest BCUT2D eigenvalue weighted by atomic mass is 16.4. The molecular weight excluding hydrogens is 258 g/mol. The van der Waals surface area contributed by atoms with Crippen molar-refractivity contribution in [2.24, 2.45) is 5.92 Å². The van der Waals surface area contributed by atoms with Crippen LogP contribution in [-0.4, -0.2) is 54.2 Å². The number of amides is 2. The number of rotatable bonds is 8. The second kappa shape index (κ2) is 8.79. The Morgan fingerprint density at radius 2 is 2.10 bits per heavy atom. The van der Waals surface area contributed by atoms with Crippen LogP contribution in [0.2, 0.25) is 0 Å². The average molecular weight is 285 g/mol. The summed E-state index contributed by atoms with van der Waals surface area (Å²) in [6.45, 7) is 7.28. The maximum Gasteiger partial charge on any atom is 0.314 e. The van der Waals surface area contributed by atoms with E-state index >= 15 is 0 Å². The zero-order chi connectivity index (χ0) is 15.0. The third-order valence-corrected chi connectivity index (χ3v) is 4.00. The predicted molar refractivity (Wildman–Crippen MR) is 77.7 cm³/mol. The molecule has 1 aliphatic rings. The molecule has 2 atom stereocenters. The molecule has 0 radical (unpaired) electrons. The van der Waals surface area contributed by atoms with Gasteiger partial charge in [-0.15, -0.1) is 0 Å². The Labute approximate surface area is 120 Å². The van der Waals surface area contributed by atoms with Crippen molar-refractivity contribution in [3.8, 4) is 0 Å². The van der Waals surface area contributed by atoms with E-state index in [1.54, 1.807) is 0 Å². The van der Waals surface area contributed by atoms with E-state index in [2.05, 4.69) is 22.5 Å². The Bertz CT molecular complexity index is 323. The minimum Gasteiger partial charge on any atom is -0.481 e. The fourth-order valence-corrected chi connectivity index (χ4v) is 2.66. The molecule has 6 nitrogen and oxygen atoms in total. The monoisotopic (exact) mass is 285 g/mol. The number of likely N-dealkylation sites (tertiary alicyclic amines) is 1. The minimum absolute atomic E-state index is 0.00290. The molecule has 0 aromatic heterocycles. The number of likely N-dealkylation sites (N-methyl/N-ethyl adjacent to an activating group) is 1. The van der Waals surface area contributed by atoms with E-state index in [0.717, 1.165) is 25.9 Å². The number of nitrogens with zero attached hydrogens (tertiary/aromatic N) is 1. The Kier molecular flexibility index (Phi) is 7.36. The van der Waals surface area contributed by atoms with Crippen molar-refractivity contribution in [3.05, 3.63) is 0 Å². The number of carbonyl (C=O) groups is 2. The smallest absolute Gasteiger partial charge is 0.314 e. The number of urea groups is 1. The van der Waals surface area contributed by atoms with Crippen LogP contribution in [0.1, 0.15) is 39.5 Å². The molecule has 1 rings (SSSR count). The topological polar surface area (TPSA) is 81.7 Å². The lowest BCUT2D eigenvalue weighted by molar-refractivity contribution is -0.138. The van der Waals surface area contributed by atoms with Crippen molar-refractivity contribution >= 4 is 12.0 Å². The van der Waals surface area contributed by atoms with Gasteiger partial charge in [-0.2, -0.15) is 0 Å². The van der Waals surface area contributed by atoms with Gasteiger partial charge in [-0.05, 0) is 31.8 Å². The molecule has 0 aliphatic carbocycles. The first kappa shape index (κ1) is 16.8. The van der Waals surface area contributed by atoms with Crippen molar-refractivity contribution in [2.45, 2.75) is 45.6 Å². The summed E-state index contributed by atoms with van der Waals surface area (Å²) in [7, 11) is 0. The number of carboxylic acids is 1. The number of nitrogens with one attached hydrogen (secondary N) is 2. The number of hydrogen-bond donors (Lipinski definition) is 3. The van der Waals surface area contributed by atoms with Gasteiger partial charge in [-0.3, -0.25) is 9.69 Å². The molecule has 0 saturated carbocycles. The molecule has 20 heavy (non-hydrogen) atoms. The first-order valence-electron chi connectivity index (χ1n) is 7.54. The van der Waals surface area contributed by atoms with Crippen LogP contribution >= 0.6 is 0 Å². The summed E-state index contributed by atoms with van der Waals surface area (Å²) in [6.07, 6.45) is 3.17. The summed E-state index contributed by atoms with van der Waals surface area (Å²) in [5, 5.41) is 14.4. The van der Waals surface area contributed by atoms with Gasteiger partial charge < -0.3 is 15.7 Å². The first-order chi connectivity index (χ1) is 9.56. The lowest BCUT2D eigenvalue weighted by atomic mass is 10.0. The van der Waals surface area contributed by atoms with Crippen LogP contribution in [0.25, 0.3) is 0 Å². The van der Waals surface area contributed by atoms with Crippen LogP contribution in [0.3, 0.4) is 0 Å². The maximum absolute atomic E-state index is 11.7. The minimum atomic E-state index is -0.816. The molecule has 1 saturated heterocycles. The molecular formula is C14H27N3O3. The van der Waals surface area contributed by atoms with E-state index in [-0.39, 0.29) is 18.4 Å². The summed E-state index contributed by atoms with van der Waals surface area (Å²) in [5.41, 5.74) is 0. The Morgan fingerprint density at radius 3 is 2.70 bits per heavy atom. The van der Waals surface area contributed by atoms with Crippen LogP contribution in [0.15, 0.2) is 0 Å². The highest BCUT2D eigenvalue weighted by molar-refractivity contribution is 5.74. The maximum atomic E-state index is 11.7. The second-order valence-electron chi connectivity index (χ2n) is 5.39. The SMILES string of the molecule is CCC(CNC(=O)NCC1CCCN1CC)CC(=O)O. The predicted octanol–water partition coefficient (Wildman–Crippen LogP) is 1.27. The lowest BCUT2D eigenvalue weighted by Crippen LogP contribution is -2.45. The summed E-state index contributed by atoms with van der Waals surface area (Å²) in [6, 6.07) is 0.239. The van der Waals surface area contributed by atoms with Crippen molar-refractivity contribution in [2.75, 3.05) is 26.2 Å².